The lowest BCUT2D eigenvalue weighted by Gasteiger charge is -2.12. The molecule has 0 aliphatic carbocycles. The number of ether oxygens (including phenoxy) is 1. The predicted octanol–water partition coefficient (Wildman–Crippen LogP) is 7.29. The molecular weight excluding hydrogens is 546 g/mol. The highest BCUT2D eigenvalue weighted by Crippen LogP contribution is 2.29. The Bertz CT molecular complexity index is 1560. The van der Waals surface area contributed by atoms with E-state index < -0.39 is 10.8 Å². The van der Waals surface area contributed by atoms with Gasteiger partial charge in [-0.25, -0.2) is 0 Å². The van der Waals surface area contributed by atoms with Gasteiger partial charge < -0.3 is 10.1 Å². The maximum Gasteiger partial charge on any atom is 0.289 e. The third kappa shape index (κ3) is 5.71. The van der Waals surface area contributed by atoms with E-state index in [-0.39, 0.29) is 28.6 Å². The van der Waals surface area contributed by atoms with Gasteiger partial charge in [-0.15, -0.1) is 0 Å². The van der Waals surface area contributed by atoms with Crippen LogP contribution in [0.2, 0.25) is 5.02 Å². The largest absolute Gasteiger partial charge is 0.488 e. The zero-order chi connectivity index (χ0) is 25.7. The number of carbonyl (C=O) groups is 1. The van der Waals surface area contributed by atoms with Gasteiger partial charge >= 0.3 is 0 Å². The number of fused-ring (bicyclic) bond motifs is 1. The smallest absolute Gasteiger partial charge is 0.289 e. The van der Waals surface area contributed by atoms with Crippen LogP contribution in [0.15, 0.2) is 88.9 Å². The average molecular weight is 563 g/mol. The third-order valence-corrected chi connectivity index (χ3v) is 6.11. The number of nitro benzene ring substituents is 1. The van der Waals surface area contributed by atoms with E-state index in [2.05, 4.69) is 21.2 Å². The SMILES string of the molecule is N#C/C(=C\c1cc(Br)ccc1OCc1cccc2ccccc12)C(=O)Nc1ccc(Cl)c([N+](=O)[O-])c1. The maximum atomic E-state index is 12.8. The molecule has 1 N–H and O–H groups in total. The van der Waals surface area contributed by atoms with Crippen molar-refractivity contribution in [2.24, 2.45) is 0 Å². The third-order valence-electron chi connectivity index (χ3n) is 5.30. The second-order valence-corrected chi connectivity index (χ2v) is 8.98. The number of nitro groups is 1. The highest BCUT2D eigenvalue weighted by Gasteiger charge is 2.16. The molecule has 0 radical (unpaired) electrons. The van der Waals surface area contributed by atoms with Crippen LogP contribution in [0, 0.1) is 21.4 Å². The van der Waals surface area contributed by atoms with E-state index in [0.29, 0.717) is 11.3 Å². The number of anilines is 1. The van der Waals surface area contributed by atoms with Gasteiger partial charge in [0.05, 0.1) is 4.92 Å². The van der Waals surface area contributed by atoms with Crippen LogP contribution in [0.1, 0.15) is 11.1 Å². The van der Waals surface area contributed by atoms with Crippen LogP contribution in [-0.4, -0.2) is 10.8 Å². The Morgan fingerprint density at radius 3 is 2.67 bits per heavy atom. The Morgan fingerprint density at radius 1 is 1.11 bits per heavy atom. The van der Waals surface area contributed by atoms with Crippen molar-refractivity contribution >= 4 is 61.7 Å². The van der Waals surface area contributed by atoms with Gasteiger partial charge in [0.2, 0.25) is 0 Å². The van der Waals surface area contributed by atoms with Crippen molar-refractivity contribution in [3.63, 3.8) is 0 Å². The fourth-order valence-corrected chi connectivity index (χ4v) is 4.14. The number of nitrogens with zero attached hydrogens (tertiary/aromatic N) is 2. The fourth-order valence-electron chi connectivity index (χ4n) is 3.57. The van der Waals surface area contributed by atoms with Crippen molar-refractivity contribution in [1.82, 2.24) is 0 Å². The summed E-state index contributed by atoms with van der Waals surface area (Å²) in [6, 6.07) is 25.0. The Morgan fingerprint density at radius 2 is 1.89 bits per heavy atom. The molecule has 0 saturated heterocycles. The van der Waals surface area contributed by atoms with E-state index in [1.165, 1.54) is 18.2 Å². The Labute approximate surface area is 219 Å². The first-order valence-electron chi connectivity index (χ1n) is 10.6. The Hall–Kier alpha value is -4.19. The van der Waals surface area contributed by atoms with E-state index >= 15 is 0 Å². The number of benzene rings is 4. The molecule has 178 valence electrons. The first-order chi connectivity index (χ1) is 17.4. The van der Waals surface area contributed by atoms with Gasteiger partial charge in [0.15, 0.2) is 0 Å². The Balaban J connectivity index is 1.59. The molecule has 0 aliphatic rings. The first-order valence-corrected chi connectivity index (χ1v) is 11.8. The van der Waals surface area contributed by atoms with Gasteiger partial charge in [-0.2, -0.15) is 5.26 Å². The molecule has 0 bridgehead atoms. The summed E-state index contributed by atoms with van der Waals surface area (Å²) in [6.45, 7) is 0.284. The summed E-state index contributed by atoms with van der Waals surface area (Å²) in [4.78, 5) is 23.2. The monoisotopic (exact) mass is 561 g/mol. The number of rotatable bonds is 7. The predicted molar refractivity (Wildman–Crippen MR) is 143 cm³/mol. The van der Waals surface area contributed by atoms with E-state index in [4.69, 9.17) is 16.3 Å². The van der Waals surface area contributed by atoms with Crippen molar-refractivity contribution in [2.45, 2.75) is 6.61 Å². The molecule has 0 heterocycles. The molecule has 7 nitrogen and oxygen atoms in total. The van der Waals surface area contributed by atoms with Crippen molar-refractivity contribution in [2.75, 3.05) is 5.32 Å². The lowest BCUT2D eigenvalue weighted by molar-refractivity contribution is -0.384. The number of halogens is 2. The molecule has 4 rings (SSSR count). The van der Waals surface area contributed by atoms with Gasteiger partial charge in [-0.3, -0.25) is 14.9 Å². The zero-order valence-corrected chi connectivity index (χ0v) is 20.9. The molecule has 0 atom stereocenters. The maximum absolute atomic E-state index is 12.8. The minimum atomic E-state index is -0.728. The highest BCUT2D eigenvalue weighted by atomic mass is 79.9. The van der Waals surface area contributed by atoms with E-state index in [1.54, 1.807) is 18.2 Å². The summed E-state index contributed by atoms with van der Waals surface area (Å²) in [5.41, 5.74) is 1.08. The number of nitrogens with one attached hydrogen (secondary N) is 1. The van der Waals surface area contributed by atoms with Gasteiger partial charge in [-0.1, -0.05) is 70.0 Å². The van der Waals surface area contributed by atoms with Gasteiger partial charge in [0.1, 0.15) is 29.0 Å². The molecule has 4 aromatic rings. The molecule has 1 amide bonds. The molecule has 0 saturated carbocycles. The van der Waals surface area contributed by atoms with Crippen LogP contribution in [-0.2, 0) is 11.4 Å². The topological polar surface area (TPSA) is 105 Å². The molecule has 36 heavy (non-hydrogen) atoms. The summed E-state index contributed by atoms with van der Waals surface area (Å²) < 4.78 is 6.82. The van der Waals surface area contributed by atoms with E-state index in [0.717, 1.165) is 26.9 Å². The molecule has 0 spiro atoms. The number of amides is 1. The van der Waals surface area contributed by atoms with Crippen LogP contribution < -0.4 is 10.1 Å². The van der Waals surface area contributed by atoms with E-state index in [1.807, 2.05) is 48.5 Å². The fraction of sp³-hybridized carbons (Fsp3) is 0.0370. The molecule has 9 heteroatoms. The normalized spacial score (nSPS) is 11.1. The number of carbonyl (C=O) groups excluding carboxylic acids is 1. The standard InChI is InChI=1S/C27H17BrClN3O4/c28-21-8-11-26(36-16-18-6-3-5-17-4-1-2-7-23(17)18)19(13-21)12-20(15-30)27(33)31-22-9-10-24(29)25(14-22)32(34)35/h1-14H,16H2,(H,31,33)/b20-12+. The number of hydrogen-bond acceptors (Lipinski definition) is 5. The van der Waals surface area contributed by atoms with Crippen molar-refractivity contribution in [1.29, 1.82) is 5.26 Å². The van der Waals surface area contributed by atoms with Crippen LogP contribution in [0.25, 0.3) is 16.8 Å². The molecule has 0 aromatic heterocycles. The van der Waals surface area contributed by atoms with Crippen molar-refractivity contribution in [3.8, 4) is 11.8 Å². The first kappa shape index (κ1) is 24.9. The minimum absolute atomic E-state index is 0.0591. The Kier molecular flexibility index (Phi) is 7.64. The lowest BCUT2D eigenvalue weighted by atomic mass is 10.1. The van der Waals surface area contributed by atoms with Gasteiger partial charge in [0, 0.05) is 21.8 Å². The highest BCUT2D eigenvalue weighted by molar-refractivity contribution is 9.10. The summed E-state index contributed by atoms with van der Waals surface area (Å²) in [6.07, 6.45) is 1.41. The van der Waals surface area contributed by atoms with Crippen LogP contribution >= 0.6 is 27.5 Å². The van der Waals surface area contributed by atoms with Gasteiger partial charge in [0.25, 0.3) is 11.6 Å². The number of hydrogen-bond donors (Lipinski definition) is 1. The van der Waals surface area contributed by atoms with Crippen molar-refractivity contribution in [3.05, 3.63) is 115 Å². The summed E-state index contributed by atoms with van der Waals surface area (Å²) in [7, 11) is 0. The molecule has 4 aromatic carbocycles. The van der Waals surface area contributed by atoms with E-state index in [9.17, 15) is 20.2 Å². The van der Waals surface area contributed by atoms with Crippen molar-refractivity contribution < 1.29 is 14.5 Å². The lowest BCUT2D eigenvalue weighted by Crippen LogP contribution is -2.13. The summed E-state index contributed by atoms with van der Waals surface area (Å²) >= 11 is 9.24. The molecule has 0 unspecified atom stereocenters. The van der Waals surface area contributed by atoms with Crippen LogP contribution in [0.4, 0.5) is 11.4 Å². The summed E-state index contributed by atoms with van der Waals surface area (Å²) in [5, 5.41) is 25.4. The second kappa shape index (κ2) is 11.0. The second-order valence-electron chi connectivity index (χ2n) is 7.66. The van der Waals surface area contributed by atoms with Gasteiger partial charge in [-0.05, 0) is 52.7 Å². The quantitative estimate of drug-likeness (QED) is 0.110. The minimum Gasteiger partial charge on any atom is -0.488 e. The average Bonchev–Trinajstić information content (AvgIpc) is 2.87. The number of nitriles is 1. The molecular formula is C27H17BrClN3O4. The summed E-state index contributed by atoms with van der Waals surface area (Å²) in [5.74, 6) is -0.247. The zero-order valence-electron chi connectivity index (χ0n) is 18.6. The molecule has 0 fully saturated rings. The van der Waals surface area contributed by atoms with Crippen LogP contribution in [0.5, 0.6) is 5.75 Å². The van der Waals surface area contributed by atoms with Crippen LogP contribution in [0.3, 0.4) is 0 Å². The molecule has 0 aliphatic heterocycles.